The van der Waals surface area contributed by atoms with Crippen molar-refractivity contribution in [3.63, 3.8) is 0 Å². The van der Waals surface area contributed by atoms with Gasteiger partial charge >= 0.3 is 0 Å². The minimum Gasteiger partial charge on any atom is -0.398 e. The molecule has 1 aromatic carbocycles. The van der Waals surface area contributed by atoms with Gasteiger partial charge < -0.3 is 15.5 Å². The van der Waals surface area contributed by atoms with Crippen LogP contribution in [0.5, 0.6) is 0 Å². The van der Waals surface area contributed by atoms with Crippen molar-refractivity contribution in [2.24, 2.45) is 0 Å². The Bertz CT molecular complexity index is 402. The number of nitrogens with zero attached hydrogens (tertiary/aromatic N) is 2. The van der Waals surface area contributed by atoms with Gasteiger partial charge in [-0.05, 0) is 39.2 Å². The summed E-state index contributed by atoms with van der Waals surface area (Å²) in [6.45, 7) is 3.43. The van der Waals surface area contributed by atoms with Crippen LogP contribution in [0, 0.1) is 0 Å². The van der Waals surface area contributed by atoms with Crippen molar-refractivity contribution in [2.75, 3.05) is 44.9 Å². The number of anilines is 2. The maximum absolute atomic E-state index is 11.3. The number of carbonyl (C=O) groups excluding carboxylic acids is 1. The summed E-state index contributed by atoms with van der Waals surface area (Å²) < 4.78 is 0. The van der Waals surface area contributed by atoms with Gasteiger partial charge in [0.1, 0.15) is 0 Å². The molecule has 0 bridgehead atoms. The summed E-state index contributed by atoms with van der Waals surface area (Å²) in [5.41, 5.74) is 8.03. The Morgan fingerprint density at radius 2 is 1.88 bits per heavy atom. The summed E-state index contributed by atoms with van der Waals surface area (Å²) in [5.74, 6) is 0.00462. The number of nitrogen functional groups attached to an aromatic ring is 1. The number of Topliss-reactive ketones (excluding diaryl/α,β-unsaturated/α-hetero) is 1. The van der Waals surface area contributed by atoms with Crippen LogP contribution in [0.3, 0.4) is 0 Å². The first-order valence-electron chi connectivity index (χ1n) is 5.68. The Labute approximate surface area is 103 Å². The Morgan fingerprint density at radius 1 is 1.24 bits per heavy atom. The molecule has 0 fully saturated rings. The van der Waals surface area contributed by atoms with E-state index in [-0.39, 0.29) is 5.78 Å². The fourth-order valence-electron chi connectivity index (χ4n) is 1.59. The van der Waals surface area contributed by atoms with Crippen LogP contribution in [-0.2, 0) is 0 Å². The fraction of sp³-hybridized carbons (Fsp3) is 0.462. The molecule has 1 aromatic rings. The number of nitrogens with two attached hydrogens (primary N) is 1. The Morgan fingerprint density at radius 3 is 2.35 bits per heavy atom. The van der Waals surface area contributed by atoms with Crippen LogP contribution in [0.4, 0.5) is 11.4 Å². The Kier molecular flexibility index (Phi) is 4.52. The minimum atomic E-state index is 0.00462. The van der Waals surface area contributed by atoms with Crippen molar-refractivity contribution >= 4 is 17.2 Å². The Hall–Kier alpha value is -1.55. The number of benzene rings is 1. The molecule has 0 heterocycles. The average Bonchev–Trinajstić information content (AvgIpc) is 2.25. The van der Waals surface area contributed by atoms with Crippen molar-refractivity contribution in [1.29, 1.82) is 0 Å². The number of likely N-dealkylation sites (N-methyl/N-ethyl adjacent to an activating group) is 2. The number of hydrogen-bond donors (Lipinski definition) is 1. The van der Waals surface area contributed by atoms with Crippen LogP contribution in [0.1, 0.15) is 17.3 Å². The van der Waals surface area contributed by atoms with Crippen LogP contribution in [-0.4, -0.2) is 44.9 Å². The second-order valence-corrected chi connectivity index (χ2v) is 4.55. The molecule has 0 unspecified atom stereocenters. The second-order valence-electron chi connectivity index (χ2n) is 4.55. The molecule has 0 saturated heterocycles. The van der Waals surface area contributed by atoms with E-state index in [9.17, 15) is 4.79 Å². The van der Waals surface area contributed by atoms with Gasteiger partial charge in [0, 0.05) is 37.1 Å². The van der Waals surface area contributed by atoms with Crippen LogP contribution < -0.4 is 10.6 Å². The number of rotatable bonds is 5. The molecule has 94 valence electrons. The topological polar surface area (TPSA) is 49.6 Å². The molecule has 0 atom stereocenters. The zero-order valence-electron chi connectivity index (χ0n) is 11.0. The predicted octanol–water partition coefficient (Wildman–Crippen LogP) is 1.47. The molecule has 0 aromatic heterocycles. The predicted molar refractivity (Wildman–Crippen MR) is 72.7 cm³/mol. The van der Waals surface area contributed by atoms with Gasteiger partial charge in [-0.25, -0.2) is 0 Å². The zero-order chi connectivity index (χ0) is 13.0. The van der Waals surface area contributed by atoms with Gasteiger partial charge in [-0.2, -0.15) is 0 Å². The lowest BCUT2D eigenvalue weighted by Crippen LogP contribution is -2.28. The average molecular weight is 235 g/mol. The van der Waals surface area contributed by atoms with Crippen molar-refractivity contribution in [3.8, 4) is 0 Å². The molecule has 4 nitrogen and oxygen atoms in total. The van der Waals surface area contributed by atoms with E-state index in [1.807, 2.05) is 33.3 Å². The van der Waals surface area contributed by atoms with Gasteiger partial charge in [-0.1, -0.05) is 0 Å². The maximum Gasteiger partial charge on any atom is 0.161 e. The fourth-order valence-corrected chi connectivity index (χ4v) is 1.59. The first kappa shape index (κ1) is 13.5. The lowest BCUT2D eigenvalue weighted by molar-refractivity contribution is 0.101. The SMILES string of the molecule is CC(=O)c1ccc(N(C)CCN(C)C)cc1N. The standard InChI is InChI=1S/C13H21N3O/c1-10(17)12-6-5-11(9-13(12)14)16(4)8-7-15(2)3/h5-6,9H,7-8,14H2,1-4H3. The number of carbonyl (C=O) groups is 1. The quantitative estimate of drug-likeness (QED) is 0.620. The highest BCUT2D eigenvalue weighted by Crippen LogP contribution is 2.20. The van der Waals surface area contributed by atoms with Crippen LogP contribution >= 0.6 is 0 Å². The molecule has 0 aliphatic carbocycles. The van der Waals surface area contributed by atoms with E-state index >= 15 is 0 Å². The molecule has 0 aliphatic rings. The lowest BCUT2D eigenvalue weighted by Gasteiger charge is -2.22. The summed E-state index contributed by atoms with van der Waals surface area (Å²) in [6, 6.07) is 5.58. The normalized spacial score (nSPS) is 10.6. The largest absolute Gasteiger partial charge is 0.398 e. The summed E-state index contributed by atoms with van der Waals surface area (Å²) in [5, 5.41) is 0. The molecule has 0 saturated carbocycles. The van der Waals surface area contributed by atoms with E-state index < -0.39 is 0 Å². The smallest absolute Gasteiger partial charge is 0.161 e. The van der Waals surface area contributed by atoms with E-state index in [1.54, 1.807) is 6.07 Å². The summed E-state index contributed by atoms with van der Waals surface area (Å²) >= 11 is 0. The van der Waals surface area contributed by atoms with Gasteiger partial charge in [-0.15, -0.1) is 0 Å². The number of ketones is 1. The molecule has 0 amide bonds. The van der Waals surface area contributed by atoms with E-state index in [0.29, 0.717) is 11.3 Å². The van der Waals surface area contributed by atoms with Crippen molar-refractivity contribution in [1.82, 2.24) is 4.90 Å². The minimum absolute atomic E-state index is 0.00462. The van der Waals surface area contributed by atoms with Crippen molar-refractivity contribution in [2.45, 2.75) is 6.92 Å². The molecule has 0 aliphatic heterocycles. The maximum atomic E-state index is 11.3. The molecule has 17 heavy (non-hydrogen) atoms. The van der Waals surface area contributed by atoms with E-state index in [2.05, 4.69) is 9.80 Å². The van der Waals surface area contributed by atoms with E-state index in [1.165, 1.54) is 6.92 Å². The molecule has 0 spiro atoms. The highest BCUT2D eigenvalue weighted by atomic mass is 16.1. The van der Waals surface area contributed by atoms with Gasteiger partial charge in [-0.3, -0.25) is 4.79 Å². The summed E-state index contributed by atoms with van der Waals surface area (Å²) in [7, 11) is 6.10. The van der Waals surface area contributed by atoms with E-state index in [0.717, 1.165) is 18.8 Å². The molecular formula is C13H21N3O. The van der Waals surface area contributed by atoms with Crippen LogP contribution in [0.2, 0.25) is 0 Å². The first-order valence-corrected chi connectivity index (χ1v) is 5.68. The third-order valence-corrected chi connectivity index (χ3v) is 2.74. The van der Waals surface area contributed by atoms with Gasteiger partial charge in [0.2, 0.25) is 0 Å². The third-order valence-electron chi connectivity index (χ3n) is 2.74. The molecule has 0 radical (unpaired) electrons. The van der Waals surface area contributed by atoms with Gasteiger partial charge in [0.25, 0.3) is 0 Å². The monoisotopic (exact) mass is 235 g/mol. The van der Waals surface area contributed by atoms with Crippen molar-refractivity contribution in [3.05, 3.63) is 23.8 Å². The molecule has 4 heteroatoms. The lowest BCUT2D eigenvalue weighted by atomic mass is 10.1. The second kappa shape index (κ2) is 5.68. The zero-order valence-corrected chi connectivity index (χ0v) is 11.0. The highest BCUT2D eigenvalue weighted by Gasteiger charge is 2.07. The van der Waals surface area contributed by atoms with E-state index in [4.69, 9.17) is 5.73 Å². The third kappa shape index (κ3) is 3.75. The molecule has 2 N–H and O–H groups in total. The number of hydrogen-bond acceptors (Lipinski definition) is 4. The van der Waals surface area contributed by atoms with Gasteiger partial charge in [0.05, 0.1) is 0 Å². The Balaban J connectivity index is 2.79. The highest BCUT2D eigenvalue weighted by molar-refractivity contribution is 5.99. The molecular weight excluding hydrogens is 214 g/mol. The first-order chi connectivity index (χ1) is 7.91. The van der Waals surface area contributed by atoms with Crippen LogP contribution in [0.25, 0.3) is 0 Å². The van der Waals surface area contributed by atoms with Crippen LogP contribution in [0.15, 0.2) is 18.2 Å². The van der Waals surface area contributed by atoms with Gasteiger partial charge in [0.15, 0.2) is 5.78 Å². The van der Waals surface area contributed by atoms with Crippen molar-refractivity contribution < 1.29 is 4.79 Å². The summed E-state index contributed by atoms with van der Waals surface area (Å²) in [4.78, 5) is 15.5. The molecule has 1 rings (SSSR count). The summed E-state index contributed by atoms with van der Waals surface area (Å²) in [6.07, 6.45) is 0.